The van der Waals surface area contributed by atoms with Gasteiger partial charge in [-0.05, 0) is 42.9 Å². The van der Waals surface area contributed by atoms with Crippen molar-refractivity contribution in [3.8, 4) is 0 Å². The summed E-state index contributed by atoms with van der Waals surface area (Å²) < 4.78 is 13.7. The van der Waals surface area contributed by atoms with Gasteiger partial charge in [-0.25, -0.2) is 4.39 Å². The molecule has 3 rings (SSSR count). The van der Waals surface area contributed by atoms with E-state index in [0.717, 1.165) is 16.7 Å². The Bertz CT molecular complexity index is 857. The Morgan fingerprint density at radius 2 is 1.39 bits per heavy atom. The number of halogens is 1. The average molecular weight is 376 g/mol. The predicted octanol–water partition coefficient (Wildman–Crippen LogP) is 4.38. The summed E-state index contributed by atoms with van der Waals surface area (Å²) in [5, 5.41) is 3.08. The van der Waals surface area contributed by atoms with Crippen molar-refractivity contribution in [3.05, 3.63) is 107 Å². The summed E-state index contributed by atoms with van der Waals surface area (Å²) in [4.78, 5) is 15.1. The molecule has 1 amide bonds. The molecular formula is C24H25FN2O. The van der Waals surface area contributed by atoms with E-state index in [1.165, 1.54) is 12.1 Å². The van der Waals surface area contributed by atoms with Gasteiger partial charge in [-0.15, -0.1) is 0 Å². The maximum absolute atomic E-state index is 13.7. The average Bonchev–Trinajstić information content (AvgIpc) is 2.70. The van der Waals surface area contributed by atoms with Gasteiger partial charge >= 0.3 is 0 Å². The van der Waals surface area contributed by atoms with Gasteiger partial charge < -0.3 is 10.2 Å². The molecule has 0 spiro atoms. The van der Waals surface area contributed by atoms with E-state index in [1.54, 1.807) is 6.07 Å². The maximum atomic E-state index is 13.7. The molecule has 0 fully saturated rings. The van der Waals surface area contributed by atoms with Crippen molar-refractivity contribution in [3.63, 3.8) is 0 Å². The van der Waals surface area contributed by atoms with Crippen LogP contribution in [0, 0.1) is 5.82 Å². The minimum Gasteiger partial charge on any atom is -0.353 e. The summed E-state index contributed by atoms with van der Waals surface area (Å²) in [6.07, 6.45) is 0. The van der Waals surface area contributed by atoms with Crippen LogP contribution in [0.3, 0.4) is 0 Å². The van der Waals surface area contributed by atoms with Crippen LogP contribution in [0.15, 0.2) is 84.9 Å². The fourth-order valence-corrected chi connectivity index (χ4v) is 3.40. The zero-order valence-corrected chi connectivity index (χ0v) is 16.2. The molecule has 1 unspecified atom stereocenters. The summed E-state index contributed by atoms with van der Waals surface area (Å²) in [5.41, 5.74) is 2.72. The first kappa shape index (κ1) is 19.8. The van der Waals surface area contributed by atoms with Crippen LogP contribution >= 0.6 is 0 Å². The smallest absolute Gasteiger partial charge is 0.232 e. The quantitative estimate of drug-likeness (QED) is 0.664. The minimum atomic E-state index is -0.391. The van der Waals surface area contributed by atoms with E-state index in [4.69, 9.17) is 0 Å². The zero-order valence-electron chi connectivity index (χ0n) is 16.2. The van der Waals surface area contributed by atoms with Crippen LogP contribution in [-0.4, -0.2) is 31.4 Å². The summed E-state index contributed by atoms with van der Waals surface area (Å²) in [6, 6.07) is 25.9. The molecule has 0 saturated heterocycles. The molecular weight excluding hydrogens is 351 g/mol. The Morgan fingerprint density at radius 1 is 0.857 bits per heavy atom. The molecule has 3 nitrogen and oxygen atoms in total. The molecule has 3 aromatic rings. The molecule has 0 saturated carbocycles. The molecule has 0 aromatic heterocycles. The predicted molar refractivity (Wildman–Crippen MR) is 111 cm³/mol. The topological polar surface area (TPSA) is 32.3 Å². The number of amides is 1. The van der Waals surface area contributed by atoms with Crippen LogP contribution in [0.4, 0.5) is 4.39 Å². The molecule has 0 radical (unpaired) electrons. The van der Waals surface area contributed by atoms with Crippen molar-refractivity contribution >= 4 is 5.91 Å². The largest absolute Gasteiger partial charge is 0.353 e. The molecule has 144 valence electrons. The van der Waals surface area contributed by atoms with Crippen molar-refractivity contribution in [2.75, 3.05) is 20.6 Å². The fraction of sp³-hybridized carbons (Fsp3) is 0.208. The third kappa shape index (κ3) is 4.84. The monoisotopic (exact) mass is 376 g/mol. The number of benzene rings is 3. The van der Waals surface area contributed by atoms with Crippen LogP contribution in [0.1, 0.15) is 28.7 Å². The van der Waals surface area contributed by atoms with Gasteiger partial charge in [0.05, 0.1) is 12.0 Å². The van der Waals surface area contributed by atoms with Gasteiger partial charge in [-0.1, -0.05) is 72.8 Å². The van der Waals surface area contributed by atoms with Crippen LogP contribution in [0.25, 0.3) is 0 Å². The number of carbonyl (C=O) groups excluding carboxylic acids is 1. The first-order valence-corrected chi connectivity index (χ1v) is 9.35. The molecule has 1 atom stereocenters. The van der Waals surface area contributed by atoms with E-state index in [0.29, 0.717) is 6.54 Å². The van der Waals surface area contributed by atoms with Gasteiger partial charge in [-0.3, -0.25) is 4.79 Å². The van der Waals surface area contributed by atoms with Gasteiger partial charge in [0.25, 0.3) is 0 Å². The fourth-order valence-electron chi connectivity index (χ4n) is 3.40. The van der Waals surface area contributed by atoms with E-state index >= 15 is 0 Å². The van der Waals surface area contributed by atoms with Crippen LogP contribution < -0.4 is 5.32 Å². The van der Waals surface area contributed by atoms with Crippen molar-refractivity contribution < 1.29 is 9.18 Å². The lowest BCUT2D eigenvalue weighted by Gasteiger charge is -2.26. The minimum absolute atomic E-state index is 0.0688. The van der Waals surface area contributed by atoms with E-state index in [2.05, 4.69) is 5.32 Å². The summed E-state index contributed by atoms with van der Waals surface area (Å²) >= 11 is 0. The number of nitrogens with zero attached hydrogens (tertiary/aromatic N) is 1. The van der Waals surface area contributed by atoms with Crippen molar-refractivity contribution in [1.82, 2.24) is 10.2 Å². The normalized spacial score (nSPS) is 12.2. The second-order valence-electron chi connectivity index (χ2n) is 7.03. The second-order valence-corrected chi connectivity index (χ2v) is 7.03. The Labute approximate surface area is 165 Å². The number of carbonyl (C=O) groups is 1. The molecule has 0 bridgehead atoms. The van der Waals surface area contributed by atoms with Gasteiger partial charge in [0.15, 0.2) is 0 Å². The molecule has 3 aromatic carbocycles. The highest BCUT2D eigenvalue weighted by atomic mass is 19.1. The van der Waals surface area contributed by atoms with Gasteiger partial charge in [0, 0.05) is 6.54 Å². The molecule has 0 aliphatic carbocycles. The van der Waals surface area contributed by atoms with Crippen LogP contribution in [0.2, 0.25) is 0 Å². The van der Waals surface area contributed by atoms with E-state index in [1.807, 2.05) is 85.7 Å². The summed E-state index contributed by atoms with van der Waals surface area (Å²) in [5.74, 6) is -0.736. The lowest BCUT2D eigenvalue weighted by atomic mass is 9.90. The highest BCUT2D eigenvalue weighted by Crippen LogP contribution is 2.25. The van der Waals surface area contributed by atoms with Gasteiger partial charge in [0.1, 0.15) is 5.82 Å². The molecule has 0 aliphatic heterocycles. The third-order valence-corrected chi connectivity index (χ3v) is 4.85. The van der Waals surface area contributed by atoms with Crippen LogP contribution in [0.5, 0.6) is 0 Å². The number of nitrogens with one attached hydrogen (secondary N) is 1. The maximum Gasteiger partial charge on any atom is 0.232 e. The Hall–Kier alpha value is -2.98. The lowest BCUT2D eigenvalue weighted by Crippen LogP contribution is -2.37. The number of likely N-dealkylation sites (N-methyl/N-ethyl adjacent to an activating group) is 1. The first-order chi connectivity index (χ1) is 13.6. The van der Waals surface area contributed by atoms with Crippen molar-refractivity contribution in [1.29, 1.82) is 0 Å². The lowest BCUT2D eigenvalue weighted by molar-refractivity contribution is -0.121. The Balaban J connectivity index is 1.81. The Morgan fingerprint density at radius 3 is 1.89 bits per heavy atom. The summed E-state index contributed by atoms with van der Waals surface area (Å²) in [6.45, 7) is 0.394. The Kier molecular flexibility index (Phi) is 6.56. The molecule has 28 heavy (non-hydrogen) atoms. The van der Waals surface area contributed by atoms with E-state index in [9.17, 15) is 9.18 Å². The van der Waals surface area contributed by atoms with Crippen LogP contribution in [-0.2, 0) is 4.79 Å². The van der Waals surface area contributed by atoms with Gasteiger partial charge in [0.2, 0.25) is 5.91 Å². The van der Waals surface area contributed by atoms with Gasteiger partial charge in [-0.2, -0.15) is 0 Å². The van der Waals surface area contributed by atoms with Crippen molar-refractivity contribution in [2.45, 2.75) is 12.0 Å². The number of hydrogen-bond acceptors (Lipinski definition) is 2. The summed E-state index contributed by atoms with van der Waals surface area (Å²) in [7, 11) is 3.85. The third-order valence-electron chi connectivity index (χ3n) is 4.85. The highest BCUT2D eigenvalue weighted by Gasteiger charge is 2.24. The molecule has 4 heteroatoms. The highest BCUT2D eigenvalue weighted by molar-refractivity contribution is 5.87. The molecule has 0 aliphatic rings. The molecule has 0 heterocycles. The SMILES string of the molecule is CN(C)C(CNC(=O)C(c1ccccc1)c1ccccc1)c1cccc(F)c1. The van der Waals surface area contributed by atoms with E-state index < -0.39 is 5.92 Å². The second kappa shape index (κ2) is 9.29. The van der Waals surface area contributed by atoms with E-state index in [-0.39, 0.29) is 17.8 Å². The first-order valence-electron chi connectivity index (χ1n) is 9.35. The molecule has 1 N–H and O–H groups in total. The standard InChI is InChI=1S/C24H25FN2O/c1-27(2)22(20-14-9-15-21(25)16-20)17-26-24(28)23(18-10-5-3-6-11-18)19-12-7-4-8-13-19/h3-16,22-23H,17H2,1-2H3,(H,26,28). The number of hydrogen-bond donors (Lipinski definition) is 1. The zero-order chi connectivity index (χ0) is 19.9. The number of rotatable bonds is 7. The van der Waals surface area contributed by atoms with Crippen molar-refractivity contribution in [2.24, 2.45) is 0 Å².